The lowest BCUT2D eigenvalue weighted by Gasteiger charge is -2.13. The van der Waals surface area contributed by atoms with Gasteiger partial charge in [0.25, 0.3) is 0 Å². The van der Waals surface area contributed by atoms with E-state index in [9.17, 15) is 0 Å². The monoisotopic (exact) mass is 290 g/mol. The molecule has 0 saturated carbocycles. The smallest absolute Gasteiger partial charge is 0.158 e. The van der Waals surface area contributed by atoms with Crippen LogP contribution in [0.4, 0.5) is 5.82 Å². The number of nitrogens with one attached hydrogen (secondary N) is 1. The number of nitrogens with two attached hydrogens (primary N) is 2. The lowest BCUT2D eigenvalue weighted by atomic mass is 10.1. The van der Waals surface area contributed by atoms with Gasteiger partial charge < -0.3 is 21.7 Å². The van der Waals surface area contributed by atoms with Gasteiger partial charge in [0.15, 0.2) is 5.82 Å². The van der Waals surface area contributed by atoms with Crippen LogP contribution in [0.15, 0.2) is 0 Å². The van der Waals surface area contributed by atoms with Gasteiger partial charge in [0.1, 0.15) is 0 Å². The molecule has 0 bridgehead atoms. The van der Waals surface area contributed by atoms with Crippen LogP contribution in [0.1, 0.15) is 26.0 Å². The summed E-state index contributed by atoms with van der Waals surface area (Å²) in [4.78, 5) is 2.34. The van der Waals surface area contributed by atoms with Crippen LogP contribution in [0.3, 0.4) is 0 Å². The Kier molecular flexibility index (Phi) is 4.67. The molecule has 2 heterocycles. The lowest BCUT2D eigenvalue weighted by molar-refractivity contribution is 0.399. The first kappa shape index (κ1) is 15.6. The molecule has 2 rings (SSSR count). The molecular weight excluding hydrogens is 264 g/mol. The number of likely N-dealkylation sites (tertiary alicyclic amines) is 1. The second kappa shape index (κ2) is 6.30. The number of nitrogens with zero attached hydrogens (tertiary/aromatic N) is 3. The van der Waals surface area contributed by atoms with Gasteiger partial charge in [0.2, 0.25) is 0 Å². The van der Waals surface area contributed by atoms with Crippen LogP contribution in [0.2, 0.25) is 0 Å². The number of aromatic nitrogens is 2. The van der Waals surface area contributed by atoms with Crippen molar-refractivity contribution in [3.8, 4) is 0 Å². The molecule has 1 saturated heterocycles. The average molecular weight is 290 g/mol. The molecule has 1 aromatic heterocycles. The summed E-state index contributed by atoms with van der Waals surface area (Å²) in [6.45, 7) is 8.79. The maximum atomic E-state index is 6.06. The number of hydrogen-bond donors (Lipinski definition) is 3. The third kappa shape index (κ3) is 3.44. The van der Waals surface area contributed by atoms with Crippen LogP contribution in [-0.4, -0.2) is 41.8 Å². The summed E-state index contributed by atoms with van der Waals surface area (Å²) in [6.07, 6.45) is 1.21. The van der Waals surface area contributed by atoms with Crippen molar-refractivity contribution in [2.24, 2.45) is 17.4 Å². The zero-order valence-electron chi connectivity index (χ0n) is 13.4. The minimum absolute atomic E-state index is 0.635. The molecular formula is C15H26N6. The third-order valence-electron chi connectivity index (χ3n) is 3.98. The van der Waals surface area contributed by atoms with Gasteiger partial charge in [-0.25, -0.2) is 0 Å². The summed E-state index contributed by atoms with van der Waals surface area (Å²) >= 11 is 0. The molecule has 0 aliphatic carbocycles. The molecule has 1 aromatic rings. The molecule has 0 radical (unpaired) electrons. The molecule has 0 amide bonds. The lowest BCUT2D eigenvalue weighted by Crippen LogP contribution is -2.39. The second-order valence-electron chi connectivity index (χ2n) is 6.05. The summed E-state index contributed by atoms with van der Waals surface area (Å²) in [7, 11) is 2.15. The van der Waals surface area contributed by atoms with Crippen molar-refractivity contribution in [3.63, 3.8) is 0 Å². The second-order valence-corrected chi connectivity index (χ2v) is 6.05. The van der Waals surface area contributed by atoms with E-state index in [0.717, 1.165) is 41.6 Å². The maximum Gasteiger partial charge on any atom is 0.158 e. The molecule has 1 aliphatic heterocycles. The van der Waals surface area contributed by atoms with Crippen molar-refractivity contribution < 1.29 is 0 Å². The molecule has 1 unspecified atom stereocenters. The fraction of sp³-hybridized carbons (Fsp3) is 0.600. The predicted molar refractivity (Wildman–Crippen MR) is 86.7 cm³/mol. The largest absolute Gasteiger partial charge is 0.402 e. The molecule has 1 atom stereocenters. The Morgan fingerprint density at radius 1 is 1.24 bits per heavy atom. The fourth-order valence-corrected chi connectivity index (χ4v) is 2.95. The van der Waals surface area contributed by atoms with E-state index in [0.29, 0.717) is 17.3 Å². The Bertz CT molecular complexity index is 628. The summed E-state index contributed by atoms with van der Waals surface area (Å²) in [5.74, 6) is 1.37. The van der Waals surface area contributed by atoms with E-state index < -0.39 is 0 Å². The Morgan fingerprint density at radius 2 is 1.90 bits per heavy atom. The third-order valence-corrected chi connectivity index (χ3v) is 3.98. The predicted octanol–water partition coefficient (Wildman–Crippen LogP) is -0.678. The van der Waals surface area contributed by atoms with Gasteiger partial charge in [-0.05, 0) is 46.7 Å². The van der Waals surface area contributed by atoms with Gasteiger partial charge in [-0.3, -0.25) is 0 Å². The fourth-order valence-electron chi connectivity index (χ4n) is 2.95. The van der Waals surface area contributed by atoms with E-state index in [2.05, 4.69) is 27.5 Å². The van der Waals surface area contributed by atoms with Crippen molar-refractivity contribution in [1.29, 1.82) is 0 Å². The topological polar surface area (TPSA) is 93.1 Å². The van der Waals surface area contributed by atoms with Crippen LogP contribution < -0.4 is 27.2 Å². The standard InChI is InChI=1S/C15H26N6/c1-9(16)13-11(3)19-20-15(14(13)10(2)17)18-7-12-5-6-21(4)8-12/h12H,5-8,16-17H2,1-4H3,(H,18,20)/b13-9+,14-10-. The molecule has 21 heavy (non-hydrogen) atoms. The molecule has 5 N–H and O–H groups in total. The first-order valence-electron chi connectivity index (χ1n) is 7.38. The van der Waals surface area contributed by atoms with Crippen molar-refractivity contribution in [2.45, 2.75) is 27.2 Å². The molecule has 6 heteroatoms. The minimum Gasteiger partial charge on any atom is -0.402 e. The summed E-state index contributed by atoms with van der Waals surface area (Å²) < 4.78 is 0. The van der Waals surface area contributed by atoms with E-state index in [1.807, 2.05) is 20.8 Å². The van der Waals surface area contributed by atoms with Crippen LogP contribution in [0.25, 0.3) is 11.4 Å². The molecule has 116 valence electrons. The summed E-state index contributed by atoms with van der Waals surface area (Å²) in [6, 6.07) is 0. The SMILES string of the molecule is C/C(N)=c1/c(C)nnc(NCC2CCN(C)C2)/c1=C(/C)N. The number of hydrogen-bond acceptors (Lipinski definition) is 6. The zero-order chi connectivity index (χ0) is 15.6. The van der Waals surface area contributed by atoms with Crippen LogP contribution in [0, 0.1) is 12.8 Å². The van der Waals surface area contributed by atoms with Gasteiger partial charge in [0.05, 0.1) is 5.69 Å². The molecule has 6 nitrogen and oxygen atoms in total. The Balaban J connectivity index is 2.35. The Labute approximate surface area is 125 Å². The van der Waals surface area contributed by atoms with E-state index in [-0.39, 0.29) is 0 Å². The quantitative estimate of drug-likeness (QED) is 0.683. The zero-order valence-corrected chi connectivity index (χ0v) is 13.4. The summed E-state index contributed by atoms with van der Waals surface area (Å²) in [5.41, 5.74) is 14.3. The van der Waals surface area contributed by atoms with Gasteiger partial charge in [-0.1, -0.05) is 0 Å². The van der Waals surface area contributed by atoms with Gasteiger partial charge in [-0.2, -0.15) is 5.10 Å². The van der Waals surface area contributed by atoms with E-state index in [1.165, 1.54) is 6.42 Å². The number of rotatable bonds is 3. The molecule has 0 spiro atoms. The van der Waals surface area contributed by atoms with Crippen LogP contribution in [0.5, 0.6) is 0 Å². The van der Waals surface area contributed by atoms with Crippen molar-refractivity contribution in [2.75, 3.05) is 32.0 Å². The minimum atomic E-state index is 0.635. The van der Waals surface area contributed by atoms with E-state index >= 15 is 0 Å². The average Bonchev–Trinajstić information content (AvgIpc) is 2.82. The summed E-state index contributed by atoms with van der Waals surface area (Å²) in [5, 5.41) is 13.7. The van der Waals surface area contributed by atoms with Gasteiger partial charge in [-0.15, -0.1) is 5.10 Å². The Morgan fingerprint density at radius 3 is 2.43 bits per heavy atom. The highest BCUT2D eigenvalue weighted by Crippen LogP contribution is 2.14. The first-order valence-corrected chi connectivity index (χ1v) is 7.38. The molecule has 1 fully saturated rings. The highest BCUT2D eigenvalue weighted by molar-refractivity contribution is 5.53. The maximum absolute atomic E-state index is 6.06. The highest BCUT2D eigenvalue weighted by Gasteiger charge is 2.19. The highest BCUT2D eigenvalue weighted by atomic mass is 15.2. The molecule has 1 aliphatic rings. The molecule has 0 aromatic carbocycles. The van der Waals surface area contributed by atoms with Crippen molar-refractivity contribution in [1.82, 2.24) is 15.1 Å². The Hall–Kier alpha value is -1.82. The van der Waals surface area contributed by atoms with Crippen molar-refractivity contribution >= 4 is 17.2 Å². The number of anilines is 1. The van der Waals surface area contributed by atoms with E-state index in [4.69, 9.17) is 11.5 Å². The van der Waals surface area contributed by atoms with Crippen LogP contribution >= 0.6 is 0 Å². The van der Waals surface area contributed by atoms with E-state index in [1.54, 1.807) is 0 Å². The number of aryl methyl sites for hydroxylation is 1. The van der Waals surface area contributed by atoms with Gasteiger partial charge in [0, 0.05) is 34.9 Å². The normalized spacial score (nSPS) is 22.2. The van der Waals surface area contributed by atoms with Crippen LogP contribution in [-0.2, 0) is 0 Å². The van der Waals surface area contributed by atoms with Crippen molar-refractivity contribution in [3.05, 3.63) is 16.1 Å². The van der Waals surface area contributed by atoms with Gasteiger partial charge >= 0.3 is 0 Å². The first-order chi connectivity index (χ1) is 9.90.